The Morgan fingerprint density at radius 1 is 0.935 bits per heavy atom. The summed E-state index contributed by atoms with van der Waals surface area (Å²) in [5.41, 5.74) is 1.48. The van der Waals surface area contributed by atoms with Gasteiger partial charge in [0.1, 0.15) is 11.4 Å². The van der Waals surface area contributed by atoms with Crippen LogP contribution in [0.25, 0.3) is 0 Å². The van der Waals surface area contributed by atoms with E-state index in [9.17, 15) is 13.2 Å². The highest BCUT2D eigenvalue weighted by Crippen LogP contribution is 2.36. The lowest BCUT2D eigenvalue weighted by Crippen LogP contribution is -2.12. The summed E-state index contributed by atoms with van der Waals surface area (Å²) >= 11 is 3.33. The smallest absolute Gasteiger partial charge is 0.339 e. The van der Waals surface area contributed by atoms with Crippen LogP contribution < -0.4 is 10.6 Å². The molecule has 164 valence electrons. The molecular formula is C23H24BrF3N4. The fraction of sp³-hybridized carbons (Fsp3) is 0.304. The van der Waals surface area contributed by atoms with Crippen molar-refractivity contribution in [2.45, 2.75) is 45.2 Å². The minimum absolute atomic E-state index is 0.0817. The molecule has 0 saturated heterocycles. The van der Waals surface area contributed by atoms with Crippen LogP contribution in [0.1, 0.15) is 43.7 Å². The van der Waals surface area contributed by atoms with Gasteiger partial charge in [0.25, 0.3) is 0 Å². The summed E-state index contributed by atoms with van der Waals surface area (Å²) in [6.45, 7) is 2.18. The predicted molar refractivity (Wildman–Crippen MR) is 122 cm³/mol. The topological polar surface area (TPSA) is 49.8 Å². The molecule has 8 heteroatoms. The largest absolute Gasteiger partial charge is 0.421 e. The van der Waals surface area contributed by atoms with Crippen molar-refractivity contribution in [3.63, 3.8) is 0 Å². The lowest BCUT2D eigenvalue weighted by Gasteiger charge is -2.15. The number of nitrogens with zero attached hydrogens (tertiary/aromatic N) is 2. The standard InChI is InChI=1S/C23H24BrF3N4/c1-2-3-4-5-8-16-11-13-17(14-12-16)29-22-28-15-18(23(25,26)27)21(31-22)30-20-10-7-6-9-19(20)24/h6-7,9-15H,2-5,8H2,1H3,(H2,28,29,30,31). The van der Waals surface area contributed by atoms with E-state index in [-0.39, 0.29) is 11.8 Å². The number of hydrogen-bond acceptors (Lipinski definition) is 4. The monoisotopic (exact) mass is 492 g/mol. The number of para-hydroxylation sites is 1. The minimum Gasteiger partial charge on any atom is -0.339 e. The lowest BCUT2D eigenvalue weighted by atomic mass is 10.1. The first-order valence-electron chi connectivity index (χ1n) is 10.2. The van der Waals surface area contributed by atoms with Crippen molar-refractivity contribution in [1.29, 1.82) is 0 Å². The SMILES string of the molecule is CCCCCCc1ccc(Nc2ncc(C(F)(F)F)c(Nc3ccccc3Br)n2)cc1. The third-order valence-electron chi connectivity index (χ3n) is 4.75. The van der Waals surface area contributed by atoms with Crippen LogP contribution in [0.5, 0.6) is 0 Å². The summed E-state index contributed by atoms with van der Waals surface area (Å²) < 4.78 is 41.0. The average Bonchev–Trinajstić information content (AvgIpc) is 2.73. The maximum absolute atomic E-state index is 13.5. The number of aromatic nitrogens is 2. The van der Waals surface area contributed by atoms with Crippen LogP contribution in [0.2, 0.25) is 0 Å². The number of anilines is 4. The second kappa shape index (κ2) is 10.6. The molecule has 2 N–H and O–H groups in total. The first-order valence-corrected chi connectivity index (χ1v) is 11.0. The molecule has 0 amide bonds. The van der Waals surface area contributed by atoms with Gasteiger partial charge in [0.15, 0.2) is 0 Å². The summed E-state index contributed by atoms with van der Waals surface area (Å²) in [6.07, 6.45) is 2.01. The summed E-state index contributed by atoms with van der Waals surface area (Å²) in [5.74, 6) is -0.234. The van der Waals surface area contributed by atoms with Gasteiger partial charge in [-0.25, -0.2) is 4.98 Å². The number of halogens is 4. The van der Waals surface area contributed by atoms with Gasteiger partial charge in [-0.3, -0.25) is 0 Å². The highest BCUT2D eigenvalue weighted by Gasteiger charge is 2.35. The van der Waals surface area contributed by atoms with Crippen molar-refractivity contribution in [3.8, 4) is 0 Å². The molecule has 0 aliphatic carbocycles. The fourth-order valence-corrected chi connectivity index (χ4v) is 3.46. The zero-order valence-corrected chi connectivity index (χ0v) is 18.7. The molecule has 0 aliphatic rings. The van der Waals surface area contributed by atoms with E-state index in [0.29, 0.717) is 15.8 Å². The van der Waals surface area contributed by atoms with E-state index in [1.807, 2.05) is 24.3 Å². The molecule has 1 heterocycles. The van der Waals surface area contributed by atoms with Crippen LogP contribution >= 0.6 is 15.9 Å². The molecule has 0 atom stereocenters. The first-order chi connectivity index (χ1) is 14.9. The molecule has 3 aromatic rings. The van der Waals surface area contributed by atoms with Crippen molar-refractivity contribution in [3.05, 3.63) is 70.3 Å². The third-order valence-corrected chi connectivity index (χ3v) is 5.44. The van der Waals surface area contributed by atoms with Crippen molar-refractivity contribution in [2.24, 2.45) is 0 Å². The quantitative estimate of drug-likeness (QED) is 0.298. The highest BCUT2D eigenvalue weighted by atomic mass is 79.9. The molecule has 4 nitrogen and oxygen atoms in total. The second-order valence-corrected chi connectivity index (χ2v) is 8.05. The Balaban J connectivity index is 1.77. The van der Waals surface area contributed by atoms with E-state index in [2.05, 4.69) is 43.5 Å². The van der Waals surface area contributed by atoms with E-state index in [0.717, 1.165) is 19.0 Å². The Hall–Kier alpha value is -2.61. The fourth-order valence-electron chi connectivity index (χ4n) is 3.07. The van der Waals surface area contributed by atoms with E-state index >= 15 is 0 Å². The summed E-state index contributed by atoms with van der Waals surface area (Å²) in [6, 6.07) is 14.7. The second-order valence-electron chi connectivity index (χ2n) is 7.19. The number of nitrogens with one attached hydrogen (secondary N) is 2. The minimum atomic E-state index is -4.58. The Morgan fingerprint density at radius 3 is 2.35 bits per heavy atom. The zero-order valence-electron chi connectivity index (χ0n) is 17.1. The Kier molecular flexibility index (Phi) is 7.90. The molecular weight excluding hydrogens is 469 g/mol. The molecule has 0 aliphatic heterocycles. The molecule has 0 radical (unpaired) electrons. The van der Waals surface area contributed by atoms with Gasteiger partial charge in [-0.2, -0.15) is 18.2 Å². The van der Waals surface area contributed by atoms with Crippen molar-refractivity contribution >= 4 is 39.1 Å². The van der Waals surface area contributed by atoms with Gasteiger partial charge in [-0.05, 0) is 58.6 Å². The van der Waals surface area contributed by atoms with Gasteiger partial charge in [0.2, 0.25) is 5.95 Å². The lowest BCUT2D eigenvalue weighted by molar-refractivity contribution is -0.137. The zero-order chi connectivity index (χ0) is 22.3. The van der Waals surface area contributed by atoms with Crippen LogP contribution in [0, 0.1) is 0 Å². The molecule has 0 fully saturated rings. The highest BCUT2D eigenvalue weighted by molar-refractivity contribution is 9.10. The van der Waals surface area contributed by atoms with Gasteiger partial charge in [0.05, 0.1) is 5.69 Å². The maximum atomic E-state index is 13.5. The maximum Gasteiger partial charge on any atom is 0.421 e. The molecule has 1 aromatic heterocycles. The number of unbranched alkanes of at least 4 members (excludes halogenated alkanes) is 3. The molecule has 3 rings (SSSR count). The molecule has 31 heavy (non-hydrogen) atoms. The molecule has 0 saturated carbocycles. The normalized spacial score (nSPS) is 11.4. The van der Waals surface area contributed by atoms with Crippen molar-refractivity contribution < 1.29 is 13.2 Å². The summed E-state index contributed by atoms with van der Waals surface area (Å²) in [7, 11) is 0. The molecule has 0 bridgehead atoms. The first kappa shape index (κ1) is 23.1. The molecule has 0 spiro atoms. The Bertz CT molecular complexity index is 991. The van der Waals surface area contributed by atoms with Crippen LogP contribution in [-0.4, -0.2) is 9.97 Å². The van der Waals surface area contributed by atoms with Crippen LogP contribution in [0.4, 0.5) is 36.3 Å². The number of benzene rings is 2. The van der Waals surface area contributed by atoms with Gasteiger partial charge in [0, 0.05) is 16.4 Å². The van der Waals surface area contributed by atoms with Crippen LogP contribution in [-0.2, 0) is 12.6 Å². The van der Waals surface area contributed by atoms with Crippen molar-refractivity contribution in [2.75, 3.05) is 10.6 Å². The van der Waals surface area contributed by atoms with E-state index in [1.165, 1.54) is 24.8 Å². The summed E-state index contributed by atoms with van der Waals surface area (Å²) in [5, 5.41) is 5.74. The van der Waals surface area contributed by atoms with Crippen LogP contribution in [0.15, 0.2) is 59.2 Å². The summed E-state index contributed by atoms with van der Waals surface area (Å²) in [4.78, 5) is 7.95. The van der Waals surface area contributed by atoms with Gasteiger partial charge in [-0.15, -0.1) is 0 Å². The van der Waals surface area contributed by atoms with E-state index < -0.39 is 11.7 Å². The number of aryl methyl sites for hydroxylation is 1. The van der Waals surface area contributed by atoms with Gasteiger partial charge in [-0.1, -0.05) is 50.5 Å². The number of alkyl halides is 3. The Labute approximate surface area is 188 Å². The third kappa shape index (κ3) is 6.69. The Morgan fingerprint density at radius 2 is 1.68 bits per heavy atom. The average molecular weight is 493 g/mol. The number of rotatable bonds is 9. The molecule has 0 unspecified atom stereocenters. The van der Waals surface area contributed by atoms with Crippen molar-refractivity contribution in [1.82, 2.24) is 9.97 Å². The molecule has 2 aromatic carbocycles. The van der Waals surface area contributed by atoms with E-state index in [1.54, 1.807) is 24.3 Å². The predicted octanol–water partition coefficient (Wildman–Crippen LogP) is 7.87. The number of hydrogen-bond donors (Lipinski definition) is 2. The van der Waals surface area contributed by atoms with Gasteiger partial charge >= 0.3 is 6.18 Å². The van der Waals surface area contributed by atoms with Crippen LogP contribution in [0.3, 0.4) is 0 Å². The van der Waals surface area contributed by atoms with Gasteiger partial charge < -0.3 is 10.6 Å². The van der Waals surface area contributed by atoms with E-state index in [4.69, 9.17) is 0 Å².